The lowest BCUT2D eigenvalue weighted by Crippen LogP contribution is -2.12. The van der Waals surface area contributed by atoms with E-state index in [4.69, 9.17) is 15.8 Å². The van der Waals surface area contributed by atoms with Crippen molar-refractivity contribution in [3.8, 4) is 0 Å². The minimum absolute atomic E-state index is 0.0495. The molecule has 2 N–H and O–H groups in total. The lowest BCUT2D eigenvalue weighted by molar-refractivity contribution is 0.209. The summed E-state index contributed by atoms with van der Waals surface area (Å²) in [6.45, 7) is 0. The van der Waals surface area contributed by atoms with Crippen LogP contribution in [0.4, 0.5) is 14.9 Å². The highest BCUT2D eigenvalue weighted by atomic mass is 35.7. The Morgan fingerprint density at radius 2 is 2.17 bits per heavy atom. The van der Waals surface area contributed by atoms with Gasteiger partial charge in [0.25, 0.3) is 9.05 Å². The normalized spacial score (nSPS) is 15.4. The fourth-order valence-electron chi connectivity index (χ4n) is 1.54. The Bertz CT molecular complexity index is 615. The number of hydrogen-bond acceptors (Lipinski definition) is 4. The summed E-state index contributed by atoms with van der Waals surface area (Å²) >= 11 is 0. The molecule has 0 spiro atoms. The number of aromatic nitrogens is 1. The van der Waals surface area contributed by atoms with Gasteiger partial charge in [0, 0.05) is 22.7 Å². The summed E-state index contributed by atoms with van der Waals surface area (Å²) in [5.41, 5.74) is 0.157. The molecule has 0 atom stereocenters. The number of nitrogens with one attached hydrogen (secondary N) is 1. The molecule has 98 valence electrons. The highest BCUT2D eigenvalue weighted by Crippen LogP contribution is 2.43. The summed E-state index contributed by atoms with van der Waals surface area (Å²) in [6, 6.07) is 0.782. The second kappa shape index (κ2) is 4.36. The molecule has 0 saturated heterocycles. The van der Waals surface area contributed by atoms with Crippen molar-refractivity contribution in [2.75, 3.05) is 5.32 Å². The summed E-state index contributed by atoms with van der Waals surface area (Å²) < 4.78 is 35.7. The molecule has 1 amide bonds. The molecule has 2 rings (SSSR count). The third-order valence-electron chi connectivity index (χ3n) is 2.41. The number of hydrogen-bond donors (Lipinski definition) is 2. The molecule has 1 aliphatic carbocycles. The van der Waals surface area contributed by atoms with Crippen LogP contribution in [0.3, 0.4) is 0 Å². The average molecular weight is 295 g/mol. The van der Waals surface area contributed by atoms with Crippen LogP contribution in [0, 0.1) is 5.82 Å². The van der Waals surface area contributed by atoms with Crippen LogP contribution in [-0.4, -0.2) is 24.6 Å². The highest BCUT2D eigenvalue weighted by Gasteiger charge is 2.31. The maximum absolute atomic E-state index is 13.5. The number of carboxylic acid groups (broad SMARTS) is 1. The minimum atomic E-state index is -4.30. The molecule has 1 heterocycles. The molecule has 0 bridgehead atoms. The molecule has 0 radical (unpaired) electrons. The molecule has 1 fully saturated rings. The van der Waals surface area contributed by atoms with E-state index in [1.807, 2.05) is 5.32 Å². The van der Waals surface area contributed by atoms with Crippen LogP contribution in [0.2, 0.25) is 0 Å². The Morgan fingerprint density at radius 3 is 2.61 bits per heavy atom. The number of halogens is 2. The predicted octanol–water partition coefficient (Wildman–Crippen LogP) is 2.12. The Balaban J connectivity index is 2.55. The maximum atomic E-state index is 13.5. The van der Waals surface area contributed by atoms with Crippen molar-refractivity contribution in [2.24, 2.45) is 0 Å². The van der Waals surface area contributed by atoms with E-state index in [0.717, 1.165) is 18.9 Å². The quantitative estimate of drug-likeness (QED) is 0.832. The van der Waals surface area contributed by atoms with Gasteiger partial charge < -0.3 is 5.11 Å². The zero-order valence-corrected chi connectivity index (χ0v) is 10.4. The Kier molecular flexibility index (Phi) is 3.16. The van der Waals surface area contributed by atoms with E-state index in [9.17, 15) is 17.6 Å². The number of anilines is 1. The molecule has 0 aliphatic heterocycles. The Morgan fingerprint density at radius 1 is 1.56 bits per heavy atom. The van der Waals surface area contributed by atoms with Gasteiger partial charge in [0.05, 0.1) is 11.4 Å². The van der Waals surface area contributed by atoms with E-state index in [1.54, 1.807) is 0 Å². The molecule has 6 nitrogen and oxygen atoms in total. The van der Waals surface area contributed by atoms with Gasteiger partial charge in [-0.2, -0.15) is 0 Å². The number of nitrogens with zero attached hydrogens (tertiary/aromatic N) is 1. The average Bonchev–Trinajstić information content (AvgIpc) is 2.98. The van der Waals surface area contributed by atoms with Crippen LogP contribution in [0.15, 0.2) is 11.1 Å². The molecule has 18 heavy (non-hydrogen) atoms. The van der Waals surface area contributed by atoms with Crippen molar-refractivity contribution < 1.29 is 22.7 Å². The van der Waals surface area contributed by atoms with Gasteiger partial charge in [0.15, 0.2) is 5.82 Å². The number of amides is 1. The molecule has 0 unspecified atom stereocenters. The summed E-state index contributed by atoms with van der Waals surface area (Å²) in [7, 11) is 0.756. The predicted molar refractivity (Wildman–Crippen MR) is 60.9 cm³/mol. The minimum Gasteiger partial charge on any atom is -0.465 e. The molecule has 0 aromatic carbocycles. The van der Waals surface area contributed by atoms with Crippen LogP contribution in [-0.2, 0) is 9.05 Å². The molecule has 9 heteroatoms. The third kappa shape index (κ3) is 2.70. The van der Waals surface area contributed by atoms with Crippen LogP contribution in [0.25, 0.3) is 0 Å². The standard InChI is InChI=1S/C9H8ClFN2O4S/c10-18(16,17)8-5(11)3-6(12-9(14)15)7(13-8)4-1-2-4/h3-4,12H,1-2H2,(H,14,15). The molecular formula is C9H8ClFN2O4S. The molecule has 1 aliphatic rings. The first-order chi connectivity index (χ1) is 8.29. The van der Waals surface area contributed by atoms with Gasteiger partial charge in [-0.25, -0.2) is 22.6 Å². The largest absolute Gasteiger partial charge is 0.465 e. The Hall–Kier alpha value is -1.41. The van der Waals surface area contributed by atoms with Gasteiger partial charge in [-0.1, -0.05) is 0 Å². The smallest absolute Gasteiger partial charge is 0.409 e. The monoisotopic (exact) mass is 294 g/mol. The first-order valence-electron chi connectivity index (χ1n) is 4.94. The van der Waals surface area contributed by atoms with E-state index < -0.39 is 26.0 Å². The van der Waals surface area contributed by atoms with Crippen LogP contribution in [0.5, 0.6) is 0 Å². The molecule has 1 aromatic heterocycles. The fraction of sp³-hybridized carbons (Fsp3) is 0.333. The topological polar surface area (TPSA) is 96.4 Å². The van der Waals surface area contributed by atoms with Crippen molar-refractivity contribution >= 4 is 31.5 Å². The third-order valence-corrected chi connectivity index (χ3v) is 3.60. The van der Waals surface area contributed by atoms with Crippen molar-refractivity contribution in [3.05, 3.63) is 17.6 Å². The fourth-order valence-corrected chi connectivity index (χ4v) is 2.36. The maximum Gasteiger partial charge on any atom is 0.409 e. The summed E-state index contributed by atoms with van der Waals surface area (Å²) in [6.07, 6.45) is 0.114. The zero-order chi connectivity index (χ0) is 13.5. The van der Waals surface area contributed by atoms with E-state index >= 15 is 0 Å². The van der Waals surface area contributed by atoms with E-state index in [0.29, 0.717) is 0 Å². The second-order valence-corrected chi connectivity index (χ2v) is 6.33. The van der Waals surface area contributed by atoms with E-state index in [2.05, 4.69) is 4.98 Å². The second-order valence-electron chi connectivity index (χ2n) is 3.85. The Labute approximate surface area is 106 Å². The van der Waals surface area contributed by atoms with Crippen molar-refractivity contribution in [1.82, 2.24) is 4.98 Å². The van der Waals surface area contributed by atoms with Crippen LogP contribution < -0.4 is 5.32 Å². The lowest BCUT2D eigenvalue weighted by atomic mass is 10.2. The van der Waals surface area contributed by atoms with Gasteiger partial charge in [-0.05, 0) is 12.8 Å². The summed E-state index contributed by atoms with van der Waals surface area (Å²) in [4.78, 5) is 14.2. The van der Waals surface area contributed by atoms with Crippen molar-refractivity contribution in [2.45, 2.75) is 23.8 Å². The van der Waals surface area contributed by atoms with E-state index in [-0.39, 0.29) is 17.3 Å². The zero-order valence-electron chi connectivity index (χ0n) is 8.85. The number of carbonyl (C=O) groups is 1. The van der Waals surface area contributed by atoms with Crippen molar-refractivity contribution in [3.63, 3.8) is 0 Å². The van der Waals surface area contributed by atoms with Gasteiger partial charge >= 0.3 is 6.09 Å². The van der Waals surface area contributed by atoms with Crippen molar-refractivity contribution in [1.29, 1.82) is 0 Å². The first-order valence-corrected chi connectivity index (χ1v) is 7.25. The number of pyridine rings is 1. The lowest BCUT2D eigenvalue weighted by Gasteiger charge is -2.09. The number of rotatable bonds is 3. The summed E-state index contributed by atoms with van der Waals surface area (Å²) in [5, 5.41) is 9.73. The molecule has 1 saturated carbocycles. The molecule has 1 aromatic rings. The van der Waals surface area contributed by atoms with E-state index in [1.165, 1.54) is 0 Å². The first kappa shape index (κ1) is 13.0. The summed E-state index contributed by atoms with van der Waals surface area (Å²) in [5.74, 6) is -1.25. The van der Waals surface area contributed by atoms with Gasteiger partial charge in [-0.15, -0.1) is 0 Å². The van der Waals surface area contributed by atoms with Crippen LogP contribution in [0.1, 0.15) is 24.5 Å². The van der Waals surface area contributed by atoms with Gasteiger partial charge in [0.1, 0.15) is 0 Å². The molecular weight excluding hydrogens is 287 g/mol. The SMILES string of the molecule is O=C(O)Nc1cc(F)c(S(=O)(=O)Cl)nc1C1CC1. The highest BCUT2D eigenvalue weighted by molar-refractivity contribution is 8.13. The van der Waals surface area contributed by atoms with Gasteiger partial charge in [-0.3, -0.25) is 5.32 Å². The van der Waals surface area contributed by atoms with Gasteiger partial charge in [0.2, 0.25) is 5.03 Å². The van der Waals surface area contributed by atoms with Crippen LogP contribution >= 0.6 is 10.7 Å².